The summed E-state index contributed by atoms with van der Waals surface area (Å²) in [6.07, 6.45) is 0. The Kier molecular flexibility index (Phi) is 4.88. The van der Waals surface area contributed by atoms with Crippen LogP contribution in [0.5, 0.6) is 0 Å². The Hall–Kier alpha value is -1.27. The number of thioether (sulfide) groups is 1. The number of anilines is 1. The van der Waals surface area contributed by atoms with Gasteiger partial charge in [0.25, 0.3) is 0 Å². The first-order valence-corrected chi connectivity index (χ1v) is 8.91. The summed E-state index contributed by atoms with van der Waals surface area (Å²) in [5.74, 6) is 0.121. The first-order chi connectivity index (χ1) is 10.6. The predicted molar refractivity (Wildman–Crippen MR) is 95.4 cm³/mol. The zero-order chi connectivity index (χ0) is 15.5. The van der Waals surface area contributed by atoms with Gasteiger partial charge in [-0.2, -0.15) is 0 Å². The minimum absolute atomic E-state index is 0.125. The number of fused-ring (bicyclic) bond motifs is 1. The van der Waals surface area contributed by atoms with Crippen molar-refractivity contribution in [1.29, 1.82) is 0 Å². The second-order valence-corrected chi connectivity index (χ2v) is 7.29. The molecule has 0 unspecified atom stereocenters. The van der Waals surface area contributed by atoms with E-state index in [1.54, 1.807) is 18.2 Å². The van der Waals surface area contributed by atoms with E-state index in [4.69, 9.17) is 23.2 Å². The molecule has 3 aromatic rings. The van der Waals surface area contributed by atoms with Crippen LogP contribution in [0.2, 0.25) is 10.0 Å². The number of carbonyl (C=O) groups excluding carboxylic acids is 1. The van der Waals surface area contributed by atoms with E-state index in [-0.39, 0.29) is 11.7 Å². The molecule has 0 radical (unpaired) electrons. The highest BCUT2D eigenvalue weighted by Gasteiger charge is 2.09. The molecular formula is C15H10Cl2N2OS2. The SMILES string of the molecule is O=C(CSc1cc(Cl)ccc1Cl)Nc1nc2ccccc2s1. The normalized spacial score (nSPS) is 10.8. The largest absolute Gasteiger partial charge is 0.301 e. The van der Waals surface area contributed by atoms with Gasteiger partial charge in [-0.25, -0.2) is 4.98 Å². The van der Waals surface area contributed by atoms with Gasteiger partial charge in [0.1, 0.15) is 0 Å². The molecule has 0 fully saturated rings. The molecule has 0 saturated carbocycles. The number of nitrogens with zero attached hydrogens (tertiary/aromatic N) is 1. The van der Waals surface area contributed by atoms with E-state index in [1.807, 2.05) is 24.3 Å². The third kappa shape index (κ3) is 3.73. The fourth-order valence-electron chi connectivity index (χ4n) is 1.81. The van der Waals surface area contributed by atoms with Gasteiger partial charge in [-0.1, -0.05) is 46.7 Å². The van der Waals surface area contributed by atoms with Gasteiger partial charge in [-0.3, -0.25) is 4.79 Å². The minimum Gasteiger partial charge on any atom is -0.301 e. The molecule has 0 atom stereocenters. The maximum absolute atomic E-state index is 12.0. The molecule has 7 heteroatoms. The summed E-state index contributed by atoms with van der Waals surface area (Å²) in [6.45, 7) is 0. The van der Waals surface area contributed by atoms with Crippen molar-refractivity contribution in [3.63, 3.8) is 0 Å². The van der Waals surface area contributed by atoms with Crippen LogP contribution in [0, 0.1) is 0 Å². The third-order valence-corrected chi connectivity index (χ3v) is 5.48. The molecule has 0 spiro atoms. The Morgan fingerprint density at radius 2 is 2.05 bits per heavy atom. The Morgan fingerprint density at radius 1 is 1.23 bits per heavy atom. The highest BCUT2D eigenvalue weighted by Crippen LogP contribution is 2.30. The summed E-state index contributed by atoms with van der Waals surface area (Å²) >= 11 is 14.8. The number of aromatic nitrogens is 1. The monoisotopic (exact) mass is 368 g/mol. The summed E-state index contributed by atoms with van der Waals surface area (Å²) in [4.78, 5) is 17.2. The number of hydrogen-bond donors (Lipinski definition) is 1. The number of nitrogens with one attached hydrogen (secondary N) is 1. The number of hydrogen-bond acceptors (Lipinski definition) is 4. The zero-order valence-corrected chi connectivity index (χ0v) is 14.3. The molecule has 1 N–H and O–H groups in total. The topological polar surface area (TPSA) is 42.0 Å². The van der Waals surface area contributed by atoms with Crippen molar-refractivity contribution in [2.24, 2.45) is 0 Å². The fourth-order valence-corrected chi connectivity index (χ4v) is 3.99. The van der Waals surface area contributed by atoms with Crippen LogP contribution in [0.15, 0.2) is 47.4 Å². The smallest absolute Gasteiger partial charge is 0.236 e. The Labute approximate surface area is 145 Å². The Morgan fingerprint density at radius 3 is 2.86 bits per heavy atom. The van der Waals surface area contributed by atoms with Gasteiger partial charge in [0.15, 0.2) is 5.13 Å². The molecule has 112 valence electrons. The van der Waals surface area contributed by atoms with Crippen LogP contribution in [0.4, 0.5) is 5.13 Å². The number of para-hydroxylation sites is 1. The number of benzene rings is 2. The first kappa shape index (κ1) is 15.6. The van der Waals surface area contributed by atoms with Crippen LogP contribution in [-0.4, -0.2) is 16.6 Å². The zero-order valence-electron chi connectivity index (χ0n) is 11.2. The molecule has 1 heterocycles. The van der Waals surface area contributed by atoms with Crippen LogP contribution in [-0.2, 0) is 4.79 Å². The standard InChI is InChI=1S/C15H10Cl2N2OS2/c16-9-5-6-10(17)13(7-9)21-8-14(20)19-15-18-11-3-1-2-4-12(11)22-15/h1-7H,8H2,(H,18,19,20). The number of amides is 1. The summed E-state index contributed by atoms with van der Waals surface area (Å²) in [5.41, 5.74) is 0.883. The lowest BCUT2D eigenvalue weighted by molar-refractivity contribution is -0.113. The first-order valence-electron chi connectivity index (χ1n) is 6.35. The maximum Gasteiger partial charge on any atom is 0.236 e. The molecule has 0 saturated heterocycles. The Balaban J connectivity index is 1.63. The summed E-state index contributed by atoms with van der Waals surface area (Å²) in [6, 6.07) is 12.9. The van der Waals surface area contributed by atoms with Crippen LogP contribution in [0.3, 0.4) is 0 Å². The van der Waals surface area contributed by atoms with Crippen molar-refractivity contribution in [3.8, 4) is 0 Å². The van der Waals surface area contributed by atoms with Crippen molar-refractivity contribution in [2.45, 2.75) is 4.90 Å². The molecular weight excluding hydrogens is 359 g/mol. The van der Waals surface area contributed by atoms with Crippen LogP contribution >= 0.6 is 46.3 Å². The quantitative estimate of drug-likeness (QED) is 0.632. The van der Waals surface area contributed by atoms with Crippen molar-refractivity contribution in [2.75, 3.05) is 11.1 Å². The highest BCUT2D eigenvalue weighted by atomic mass is 35.5. The van der Waals surface area contributed by atoms with Gasteiger partial charge in [0.05, 0.1) is 21.0 Å². The molecule has 0 bridgehead atoms. The lowest BCUT2D eigenvalue weighted by Gasteiger charge is -2.04. The van der Waals surface area contributed by atoms with Gasteiger partial charge in [0.2, 0.25) is 5.91 Å². The summed E-state index contributed by atoms with van der Waals surface area (Å²) in [5, 5.41) is 4.59. The van der Waals surface area contributed by atoms with Crippen molar-refractivity contribution in [1.82, 2.24) is 4.98 Å². The number of carbonyl (C=O) groups is 1. The lowest BCUT2D eigenvalue weighted by Crippen LogP contribution is -2.13. The van der Waals surface area contributed by atoms with E-state index in [0.717, 1.165) is 15.1 Å². The predicted octanol–water partition coefficient (Wildman–Crippen LogP) is 5.33. The summed E-state index contributed by atoms with van der Waals surface area (Å²) < 4.78 is 1.04. The van der Waals surface area contributed by atoms with Crippen molar-refractivity contribution < 1.29 is 4.79 Å². The van der Waals surface area contributed by atoms with Crippen LogP contribution in [0.1, 0.15) is 0 Å². The number of thiazole rings is 1. The number of rotatable bonds is 4. The molecule has 0 aliphatic carbocycles. The second kappa shape index (κ2) is 6.87. The fraction of sp³-hybridized carbons (Fsp3) is 0.0667. The molecule has 22 heavy (non-hydrogen) atoms. The van der Waals surface area contributed by atoms with Gasteiger partial charge >= 0.3 is 0 Å². The van der Waals surface area contributed by atoms with E-state index in [9.17, 15) is 4.79 Å². The maximum atomic E-state index is 12.0. The molecule has 3 nitrogen and oxygen atoms in total. The highest BCUT2D eigenvalue weighted by molar-refractivity contribution is 8.00. The lowest BCUT2D eigenvalue weighted by atomic mass is 10.3. The summed E-state index contributed by atoms with van der Waals surface area (Å²) in [7, 11) is 0. The molecule has 1 aromatic heterocycles. The molecule has 0 aliphatic heterocycles. The molecule has 1 amide bonds. The van der Waals surface area contributed by atoms with E-state index in [1.165, 1.54) is 23.1 Å². The molecule has 3 rings (SSSR count). The van der Waals surface area contributed by atoms with E-state index >= 15 is 0 Å². The van der Waals surface area contributed by atoms with E-state index in [2.05, 4.69) is 10.3 Å². The third-order valence-electron chi connectivity index (χ3n) is 2.79. The van der Waals surface area contributed by atoms with Crippen LogP contribution < -0.4 is 5.32 Å². The van der Waals surface area contributed by atoms with Gasteiger partial charge < -0.3 is 5.32 Å². The van der Waals surface area contributed by atoms with E-state index < -0.39 is 0 Å². The second-order valence-electron chi connectivity index (χ2n) is 4.40. The average Bonchev–Trinajstić information content (AvgIpc) is 2.90. The average molecular weight is 369 g/mol. The van der Waals surface area contributed by atoms with Gasteiger partial charge in [-0.05, 0) is 30.3 Å². The molecule has 0 aliphatic rings. The van der Waals surface area contributed by atoms with Crippen molar-refractivity contribution in [3.05, 3.63) is 52.5 Å². The van der Waals surface area contributed by atoms with Crippen molar-refractivity contribution >= 4 is 67.6 Å². The van der Waals surface area contributed by atoms with Gasteiger partial charge in [-0.15, -0.1) is 11.8 Å². The number of halogens is 2. The van der Waals surface area contributed by atoms with Gasteiger partial charge in [0, 0.05) is 9.92 Å². The van der Waals surface area contributed by atoms with E-state index in [0.29, 0.717) is 15.2 Å². The van der Waals surface area contributed by atoms with Crippen LogP contribution in [0.25, 0.3) is 10.2 Å². The molecule has 2 aromatic carbocycles. The minimum atomic E-state index is -0.125. The Bertz CT molecular complexity index is 802.